The summed E-state index contributed by atoms with van der Waals surface area (Å²) < 4.78 is 2.45. The maximum Gasteiger partial charge on any atom is 0.362 e. The molecular weight excluding hydrogens is 337 g/mol. The third-order valence-corrected chi connectivity index (χ3v) is 6.55. The highest BCUT2D eigenvalue weighted by Crippen LogP contribution is 2.32. The van der Waals surface area contributed by atoms with Crippen LogP contribution in [0.25, 0.3) is 23.3 Å². The molecule has 0 N–H and O–H groups in total. The Morgan fingerprint density at radius 3 is 2.21 bits per heavy atom. The average Bonchev–Trinajstić information content (AvgIpc) is 2.95. The van der Waals surface area contributed by atoms with E-state index in [4.69, 9.17) is 0 Å². The molecule has 0 radical (unpaired) electrons. The predicted octanol–water partition coefficient (Wildman–Crippen LogP) is 3.26. The lowest BCUT2D eigenvalue weighted by molar-refractivity contribution is -0.539. The highest BCUT2D eigenvalue weighted by Gasteiger charge is 2.51. The van der Waals surface area contributed by atoms with Crippen LogP contribution in [0.3, 0.4) is 0 Å². The molecule has 3 heterocycles. The summed E-state index contributed by atoms with van der Waals surface area (Å²) in [7, 11) is 0. The number of fused-ring (bicyclic) bond motifs is 5. The largest absolute Gasteiger partial charge is 0.415 e. The molecule has 6 rings (SSSR count). The summed E-state index contributed by atoms with van der Waals surface area (Å²) in [4.78, 5) is 0. The van der Waals surface area contributed by atoms with Crippen molar-refractivity contribution in [1.29, 1.82) is 0 Å². The zero-order valence-electron chi connectivity index (χ0n) is 15.8. The zero-order chi connectivity index (χ0) is 18.7. The van der Waals surface area contributed by atoms with Crippen molar-refractivity contribution in [2.24, 2.45) is 0 Å². The molecule has 28 heavy (non-hydrogen) atoms. The van der Waals surface area contributed by atoms with E-state index in [1.807, 2.05) is 0 Å². The SMILES string of the molecule is Cc1cc2c3c(c1)-c1ccccc1[B-]3([n+]1ccccc1)c1ccccc1C=C2. The molecule has 0 aliphatic carbocycles. The van der Waals surface area contributed by atoms with Gasteiger partial charge in [0, 0.05) is 0 Å². The Morgan fingerprint density at radius 2 is 1.36 bits per heavy atom. The van der Waals surface area contributed by atoms with E-state index in [9.17, 15) is 0 Å². The molecule has 0 amide bonds. The molecule has 132 valence electrons. The Morgan fingerprint density at radius 1 is 0.643 bits per heavy atom. The normalized spacial score (nSPS) is 18.2. The minimum atomic E-state index is -1.29. The van der Waals surface area contributed by atoms with Crippen molar-refractivity contribution in [2.75, 3.05) is 0 Å². The molecule has 0 saturated carbocycles. The summed E-state index contributed by atoms with van der Waals surface area (Å²) >= 11 is 0. The van der Waals surface area contributed by atoms with E-state index in [1.54, 1.807) is 0 Å². The summed E-state index contributed by atoms with van der Waals surface area (Å²) in [6.07, 6.45) is 7.78. The molecule has 0 fully saturated rings. The lowest BCUT2D eigenvalue weighted by Crippen LogP contribution is -2.83. The molecule has 1 atom stereocenters. The standard InChI is InChI=1S/C26H20BN/c1-19-17-21-14-13-20-9-3-5-11-24(20)27(28-15-7-2-8-16-28)25-12-6-4-10-22(25)23(18-19)26(21)27/h2-18H,1H3. The molecule has 2 aliphatic heterocycles. The fourth-order valence-electron chi connectivity index (χ4n) is 5.60. The number of rotatable bonds is 1. The van der Waals surface area contributed by atoms with Gasteiger partial charge in [0.25, 0.3) is 0 Å². The summed E-state index contributed by atoms with van der Waals surface area (Å²) in [6, 6.07) is 29.0. The number of nitrogens with zero attached hydrogens (tertiary/aromatic N) is 1. The predicted molar refractivity (Wildman–Crippen MR) is 119 cm³/mol. The fraction of sp³-hybridized carbons (Fsp3) is 0.0385. The van der Waals surface area contributed by atoms with Gasteiger partial charge in [0.05, 0.1) is 0 Å². The van der Waals surface area contributed by atoms with E-state index >= 15 is 0 Å². The molecule has 1 unspecified atom stereocenters. The lowest BCUT2D eigenvalue weighted by Gasteiger charge is -2.35. The van der Waals surface area contributed by atoms with Gasteiger partial charge < -0.3 is 4.48 Å². The van der Waals surface area contributed by atoms with Crippen molar-refractivity contribution in [3.8, 4) is 11.1 Å². The van der Waals surface area contributed by atoms with E-state index < -0.39 is 6.28 Å². The molecule has 1 aromatic heterocycles. The van der Waals surface area contributed by atoms with Crippen LogP contribution < -0.4 is 20.9 Å². The Hall–Kier alpha value is -3.39. The summed E-state index contributed by atoms with van der Waals surface area (Å²) in [5.41, 5.74) is 10.9. The third-order valence-electron chi connectivity index (χ3n) is 6.55. The number of hydrogen-bond donors (Lipinski definition) is 0. The van der Waals surface area contributed by atoms with Crippen LogP contribution in [0.5, 0.6) is 0 Å². The zero-order valence-corrected chi connectivity index (χ0v) is 15.8. The Balaban J connectivity index is 1.90. The maximum absolute atomic E-state index is 2.45. The van der Waals surface area contributed by atoms with Crippen LogP contribution in [0.1, 0.15) is 16.7 Å². The minimum absolute atomic E-state index is 1.29. The van der Waals surface area contributed by atoms with Crippen LogP contribution in [0.15, 0.2) is 91.3 Å². The van der Waals surface area contributed by atoms with Crippen LogP contribution in [0.2, 0.25) is 0 Å². The van der Waals surface area contributed by atoms with Crippen molar-refractivity contribution in [2.45, 2.75) is 6.92 Å². The second-order valence-electron chi connectivity index (χ2n) is 8.01. The monoisotopic (exact) mass is 357 g/mol. The van der Waals surface area contributed by atoms with Gasteiger partial charge in [-0.3, -0.25) is 0 Å². The molecule has 0 saturated heterocycles. The molecule has 1 nitrogen and oxygen atoms in total. The number of benzene rings is 3. The van der Waals surface area contributed by atoms with E-state index in [-0.39, 0.29) is 0 Å². The summed E-state index contributed by atoms with van der Waals surface area (Å²) in [6.45, 7) is 2.20. The van der Waals surface area contributed by atoms with Gasteiger partial charge in [0.15, 0.2) is 0 Å². The van der Waals surface area contributed by atoms with Crippen LogP contribution in [0.4, 0.5) is 0 Å². The summed E-state index contributed by atoms with van der Waals surface area (Å²) in [5, 5.41) is 0. The Kier molecular flexibility index (Phi) is 3.11. The molecule has 3 aromatic carbocycles. The number of aryl methyl sites for hydroxylation is 1. The maximum atomic E-state index is 2.45. The van der Waals surface area contributed by atoms with E-state index in [0.29, 0.717) is 0 Å². The van der Waals surface area contributed by atoms with Gasteiger partial charge >= 0.3 is 6.28 Å². The molecule has 4 aromatic rings. The smallest absolute Gasteiger partial charge is 0.362 e. The van der Waals surface area contributed by atoms with Crippen molar-refractivity contribution in [1.82, 2.24) is 0 Å². The fourth-order valence-corrected chi connectivity index (χ4v) is 5.60. The number of aromatic nitrogens is 1. The van der Waals surface area contributed by atoms with Gasteiger partial charge in [-0.1, -0.05) is 95.6 Å². The first-order valence-electron chi connectivity index (χ1n) is 9.94. The molecule has 0 bridgehead atoms. The van der Waals surface area contributed by atoms with Gasteiger partial charge in [0.1, 0.15) is 12.4 Å². The van der Waals surface area contributed by atoms with Crippen LogP contribution >= 0.6 is 0 Å². The first kappa shape index (κ1) is 15.7. The highest BCUT2D eigenvalue weighted by molar-refractivity contribution is 7.09. The van der Waals surface area contributed by atoms with Crippen LogP contribution in [-0.4, -0.2) is 6.28 Å². The average molecular weight is 357 g/mol. The summed E-state index contributed by atoms with van der Waals surface area (Å²) in [5.74, 6) is 0. The van der Waals surface area contributed by atoms with Gasteiger partial charge in [-0.2, -0.15) is 0 Å². The number of hydrogen-bond acceptors (Lipinski definition) is 0. The second kappa shape index (κ2) is 5.56. The first-order chi connectivity index (χ1) is 13.8. The van der Waals surface area contributed by atoms with Gasteiger partial charge in [-0.15, -0.1) is 16.4 Å². The molecule has 2 aliphatic rings. The van der Waals surface area contributed by atoms with Crippen molar-refractivity contribution in [3.05, 3.63) is 108 Å². The first-order valence-corrected chi connectivity index (χ1v) is 9.94. The van der Waals surface area contributed by atoms with E-state index in [0.717, 1.165) is 0 Å². The highest BCUT2D eigenvalue weighted by atomic mass is 14.9. The van der Waals surface area contributed by atoms with E-state index in [2.05, 4.69) is 115 Å². The van der Waals surface area contributed by atoms with Crippen LogP contribution in [0, 0.1) is 6.92 Å². The Labute approximate surface area is 165 Å². The quantitative estimate of drug-likeness (QED) is 0.398. The third kappa shape index (κ3) is 1.85. The molecule has 2 heteroatoms. The van der Waals surface area contributed by atoms with E-state index in [1.165, 1.54) is 44.2 Å². The van der Waals surface area contributed by atoms with Crippen molar-refractivity contribution in [3.63, 3.8) is 0 Å². The minimum Gasteiger partial charge on any atom is -0.415 e. The topological polar surface area (TPSA) is 3.88 Å². The second-order valence-corrected chi connectivity index (χ2v) is 8.01. The van der Waals surface area contributed by atoms with Gasteiger partial charge in [-0.25, -0.2) is 0 Å². The molecule has 0 spiro atoms. The lowest BCUT2D eigenvalue weighted by atomic mass is 9.25. The molecular formula is C26H20BN. The van der Waals surface area contributed by atoms with Gasteiger partial charge in [-0.05, 0) is 30.2 Å². The van der Waals surface area contributed by atoms with Crippen molar-refractivity contribution >= 4 is 34.8 Å². The van der Waals surface area contributed by atoms with Crippen LogP contribution in [-0.2, 0) is 0 Å². The van der Waals surface area contributed by atoms with Crippen molar-refractivity contribution < 1.29 is 4.48 Å². The van der Waals surface area contributed by atoms with Gasteiger partial charge in [0.2, 0.25) is 0 Å². The number of pyridine rings is 1. The Bertz CT molecular complexity index is 1270.